The van der Waals surface area contributed by atoms with Gasteiger partial charge >= 0.3 is 11.9 Å². The zero-order chi connectivity index (χ0) is 11.5. The fraction of sp³-hybridized carbons (Fsp3) is 0.750. The lowest BCUT2D eigenvalue weighted by Gasteiger charge is -2.30. The molecule has 90 valence electrons. The first kappa shape index (κ1) is 17.6. The zero-order valence-corrected chi connectivity index (χ0v) is 12.5. The van der Waals surface area contributed by atoms with Crippen LogP contribution in [-0.2, 0) is 14.3 Å². The second-order valence-corrected chi connectivity index (χ2v) is 5.24. The summed E-state index contributed by atoms with van der Waals surface area (Å²) in [6.45, 7) is 3.33. The Bertz CT molecular complexity index is 245. The minimum absolute atomic E-state index is 0. The first-order valence-corrected chi connectivity index (χ1v) is 5.67. The van der Waals surface area contributed by atoms with E-state index in [1.165, 1.54) is 7.11 Å². The van der Waals surface area contributed by atoms with Gasteiger partial charge in [0.2, 0.25) is 0 Å². The second-order valence-electron chi connectivity index (χ2n) is 3.41. The summed E-state index contributed by atoms with van der Waals surface area (Å²) in [6.07, 6.45) is 0. The third kappa shape index (κ3) is 4.28. The van der Waals surface area contributed by atoms with Crippen molar-refractivity contribution in [1.29, 1.82) is 0 Å². The minimum Gasteiger partial charge on any atom is -0.480 e. The maximum atomic E-state index is 11.2. The maximum absolute atomic E-state index is 11.2. The normalized spacial score (nSPS) is 14.7. The standard InChI is InChI=1S/C8H12Br2O4.ClH/c1-8(2,4(9)6(11)12)5(10)7(13)14-3;/h4-5H,1-3H3,(H,11,12);1H. The third-order valence-electron chi connectivity index (χ3n) is 1.93. The largest absolute Gasteiger partial charge is 0.480 e. The maximum Gasteiger partial charge on any atom is 0.320 e. The molecule has 0 aromatic rings. The Morgan fingerprint density at radius 3 is 1.93 bits per heavy atom. The summed E-state index contributed by atoms with van der Waals surface area (Å²) in [5.41, 5.74) is -0.779. The molecule has 0 heterocycles. The van der Waals surface area contributed by atoms with Crippen molar-refractivity contribution < 1.29 is 19.4 Å². The average Bonchev–Trinajstić information content (AvgIpc) is 2.13. The van der Waals surface area contributed by atoms with E-state index in [1.807, 2.05) is 0 Å². The predicted molar refractivity (Wildman–Crippen MR) is 66.1 cm³/mol. The average molecular weight is 368 g/mol. The van der Waals surface area contributed by atoms with Gasteiger partial charge in [-0.2, -0.15) is 0 Å². The molecule has 0 saturated heterocycles. The Morgan fingerprint density at radius 2 is 1.67 bits per heavy atom. The Labute approximate surface area is 111 Å². The molecule has 0 bridgehead atoms. The molecule has 0 radical (unpaired) electrons. The van der Waals surface area contributed by atoms with Crippen LogP contribution in [0.4, 0.5) is 0 Å². The van der Waals surface area contributed by atoms with E-state index in [-0.39, 0.29) is 12.4 Å². The molecule has 0 aliphatic heterocycles. The summed E-state index contributed by atoms with van der Waals surface area (Å²) in [6, 6.07) is 0. The van der Waals surface area contributed by atoms with Gasteiger partial charge in [-0.3, -0.25) is 9.59 Å². The molecular formula is C8H13Br2ClO4. The smallest absolute Gasteiger partial charge is 0.320 e. The van der Waals surface area contributed by atoms with Crippen LogP contribution < -0.4 is 0 Å². The van der Waals surface area contributed by atoms with Crippen molar-refractivity contribution >= 4 is 56.2 Å². The molecule has 7 heteroatoms. The second kappa shape index (κ2) is 6.70. The Kier molecular flexibility index (Phi) is 7.86. The molecule has 0 amide bonds. The van der Waals surface area contributed by atoms with Crippen LogP contribution in [0.2, 0.25) is 0 Å². The zero-order valence-electron chi connectivity index (χ0n) is 8.49. The number of alkyl halides is 2. The molecule has 1 N–H and O–H groups in total. The Balaban J connectivity index is 0. The number of carbonyl (C=O) groups is 2. The highest BCUT2D eigenvalue weighted by atomic mass is 79.9. The summed E-state index contributed by atoms with van der Waals surface area (Å²) in [5.74, 6) is -1.50. The van der Waals surface area contributed by atoms with E-state index >= 15 is 0 Å². The van der Waals surface area contributed by atoms with Gasteiger partial charge in [-0.25, -0.2) is 0 Å². The van der Waals surface area contributed by atoms with Crippen LogP contribution in [0, 0.1) is 5.41 Å². The lowest BCUT2D eigenvalue weighted by atomic mass is 9.85. The number of carbonyl (C=O) groups excluding carboxylic acids is 1. The number of aliphatic carboxylic acids is 1. The molecule has 0 spiro atoms. The van der Waals surface area contributed by atoms with Crippen molar-refractivity contribution in [3.63, 3.8) is 0 Å². The molecule has 0 fully saturated rings. The molecule has 0 aliphatic carbocycles. The highest BCUT2D eigenvalue weighted by molar-refractivity contribution is 9.10. The quantitative estimate of drug-likeness (QED) is 0.610. The molecule has 0 aliphatic rings. The SMILES string of the molecule is COC(=O)C(Br)C(C)(C)C(Br)C(=O)O.Cl. The van der Waals surface area contributed by atoms with E-state index in [9.17, 15) is 9.59 Å². The Hall–Kier alpha value is 0.190. The van der Waals surface area contributed by atoms with E-state index in [2.05, 4.69) is 36.6 Å². The minimum atomic E-state index is -1.01. The van der Waals surface area contributed by atoms with Gasteiger partial charge in [0.15, 0.2) is 0 Å². The van der Waals surface area contributed by atoms with Crippen molar-refractivity contribution in [2.45, 2.75) is 23.5 Å². The van der Waals surface area contributed by atoms with Gasteiger partial charge in [-0.15, -0.1) is 12.4 Å². The summed E-state index contributed by atoms with van der Waals surface area (Å²) < 4.78 is 4.53. The molecular weight excluding hydrogens is 355 g/mol. The van der Waals surface area contributed by atoms with Gasteiger partial charge in [0.05, 0.1) is 7.11 Å². The van der Waals surface area contributed by atoms with Crippen LogP contribution in [0.3, 0.4) is 0 Å². The number of hydrogen-bond donors (Lipinski definition) is 1. The van der Waals surface area contributed by atoms with E-state index in [4.69, 9.17) is 5.11 Å². The monoisotopic (exact) mass is 366 g/mol. The van der Waals surface area contributed by atoms with E-state index in [1.54, 1.807) is 13.8 Å². The molecule has 4 nitrogen and oxygen atoms in total. The molecule has 2 unspecified atom stereocenters. The van der Waals surface area contributed by atoms with Gasteiger partial charge in [0.1, 0.15) is 9.65 Å². The van der Waals surface area contributed by atoms with Gasteiger partial charge in [0, 0.05) is 5.41 Å². The summed E-state index contributed by atoms with van der Waals surface area (Å²) in [5, 5.41) is 8.80. The van der Waals surface area contributed by atoms with Crippen LogP contribution >= 0.6 is 44.3 Å². The number of rotatable bonds is 4. The van der Waals surface area contributed by atoms with Gasteiger partial charge < -0.3 is 9.84 Å². The van der Waals surface area contributed by atoms with Crippen LogP contribution in [-0.4, -0.2) is 33.8 Å². The van der Waals surface area contributed by atoms with Crippen LogP contribution in [0.15, 0.2) is 0 Å². The molecule has 2 atom stereocenters. The van der Waals surface area contributed by atoms with Crippen molar-refractivity contribution in [3.05, 3.63) is 0 Å². The Morgan fingerprint density at radius 1 is 1.27 bits per heavy atom. The number of carboxylic acids is 1. The van der Waals surface area contributed by atoms with Gasteiger partial charge in [-0.1, -0.05) is 45.7 Å². The number of carboxylic acid groups (broad SMARTS) is 1. The lowest BCUT2D eigenvalue weighted by molar-refractivity contribution is -0.143. The number of ether oxygens (including phenoxy) is 1. The number of hydrogen-bond acceptors (Lipinski definition) is 3. The number of halogens is 3. The first-order chi connectivity index (χ1) is 6.25. The summed E-state index contributed by atoms with van der Waals surface area (Å²) in [4.78, 5) is 20.5. The van der Waals surface area contributed by atoms with E-state index in [0.29, 0.717) is 0 Å². The van der Waals surface area contributed by atoms with Gasteiger partial charge in [0.25, 0.3) is 0 Å². The van der Waals surface area contributed by atoms with Crippen molar-refractivity contribution in [3.8, 4) is 0 Å². The number of methoxy groups -OCH3 is 1. The lowest BCUT2D eigenvalue weighted by Crippen LogP contribution is -2.42. The van der Waals surface area contributed by atoms with Gasteiger partial charge in [-0.05, 0) is 0 Å². The fourth-order valence-corrected chi connectivity index (χ4v) is 1.92. The fourth-order valence-electron chi connectivity index (χ4n) is 0.854. The van der Waals surface area contributed by atoms with Crippen LogP contribution in [0.1, 0.15) is 13.8 Å². The van der Waals surface area contributed by atoms with E-state index in [0.717, 1.165) is 0 Å². The molecule has 0 aromatic carbocycles. The molecule has 0 aromatic heterocycles. The predicted octanol–water partition coefficient (Wildman–Crippen LogP) is 2.22. The molecule has 0 rings (SSSR count). The topological polar surface area (TPSA) is 63.6 Å². The van der Waals surface area contributed by atoms with Crippen LogP contribution in [0.25, 0.3) is 0 Å². The summed E-state index contributed by atoms with van der Waals surface area (Å²) in [7, 11) is 1.26. The van der Waals surface area contributed by atoms with Crippen molar-refractivity contribution in [2.24, 2.45) is 5.41 Å². The van der Waals surface area contributed by atoms with Crippen LogP contribution in [0.5, 0.6) is 0 Å². The number of esters is 1. The van der Waals surface area contributed by atoms with Crippen molar-refractivity contribution in [2.75, 3.05) is 7.11 Å². The summed E-state index contributed by atoms with van der Waals surface area (Å²) >= 11 is 6.15. The molecule has 15 heavy (non-hydrogen) atoms. The van der Waals surface area contributed by atoms with E-state index < -0.39 is 27.0 Å². The third-order valence-corrected chi connectivity index (χ3v) is 5.06. The molecule has 0 saturated carbocycles. The first-order valence-electron chi connectivity index (χ1n) is 3.84. The van der Waals surface area contributed by atoms with Crippen molar-refractivity contribution in [1.82, 2.24) is 0 Å². The highest BCUT2D eigenvalue weighted by Crippen LogP contribution is 2.36. The highest BCUT2D eigenvalue weighted by Gasteiger charge is 2.43.